The van der Waals surface area contributed by atoms with E-state index in [0.29, 0.717) is 30.6 Å². The Morgan fingerprint density at radius 3 is 2.42 bits per heavy atom. The molecule has 4 rings (SSSR count). The first-order valence-electron chi connectivity index (χ1n) is 12.2. The maximum absolute atomic E-state index is 13.4. The average Bonchev–Trinajstić information content (AvgIpc) is 3.65. The number of ether oxygens (including phenoxy) is 2. The van der Waals surface area contributed by atoms with Gasteiger partial charge in [0.25, 0.3) is 5.91 Å². The normalized spacial score (nSPS) is 16.4. The van der Waals surface area contributed by atoms with Gasteiger partial charge in [-0.15, -0.1) is 13.2 Å². The van der Waals surface area contributed by atoms with Crippen LogP contribution >= 0.6 is 0 Å². The van der Waals surface area contributed by atoms with Gasteiger partial charge in [0.05, 0.1) is 24.1 Å². The number of halogens is 3. The zero-order chi connectivity index (χ0) is 27.5. The van der Waals surface area contributed by atoms with E-state index in [2.05, 4.69) is 19.9 Å². The number of amides is 4. The average molecular weight is 536 g/mol. The lowest BCUT2D eigenvalue weighted by molar-refractivity contribution is -0.274. The minimum Gasteiger partial charge on any atom is -0.448 e. The fourth-order valence-electron chi connectivity index (χ4n) is 4.36. The molecular formula is C25H28F3N5O5. The van der Waals surface area contributed by atoms with Gasteiger partial charge in [0.1, 0.15) is 17.9 Å². The van der Waals surface area contributed by atoms with E-state index in [1.54, 1.807) is 6.07 Å². The van der Waals surface area contributed by atoms with Crippen molar-refractivity contribution in [2.24, 2.45) is 0 Å². The Hall–Kier alpha value is -3.87. The number of rotatable bonds is 10. The summed E-state index contributed by atoms with van der Waals surface area (Å²) in [6.07, 6.45) is -1.69. The van der Waals surface area contributed by atoms with Crippen LogP contribution in [0.5, 0.6) is 5.75 Å². The van der Waals surface area contributed by atoms with E-state index >= 15 is 0 Å². The van der Waals surface area contributed by atoms with E-state index in [-0.39, 0.29) is 18.8 Å². The molecule has 1 aliphatic heterocycles. The first kappa shape index (κ1) is 27.2. The van der Waals surface area contributed by atoms with Crippen molar-refractivity contribution < 1.29 is 37.0 Å². The van der Waals surface area contributed by atoms with Crippen LogP contribution in [0.1, 0.15) is 32.3 Å². The minimum atomic E-state index is -4.86. The van der Waals surface area contributed by atoms with Gasteiger partial charge in [-0.05, 0) is 61.8 Å². The largest absolute Gasteiger partial charge is 0.573 e. The van der Waals surface area contributed by atoms with Crippen LogP contribution in [-0.2, 0) is 16.1 Å². The zero-order valence-corrected chi connectivity index (χ0v) is 21.0. The molecule has 1 saturated carbocycles. The highest BCUT2D eigenvalue weighted by atomic mass is 19.4. The lowest BCUT2D eigenvalue weighted by atomic mass is 10.1. The number of likely N-dealkylation sites (N-methyl/N-ethyl adjacent to an activating group) is 1. The zero-order valence-electron chi connectivity index (χ0n) is 21.0. The molecule has 1 aromatic heterocycles. The standard InChI is InChI=1S/C25H28F3N5O5/c1-3-31(4-2)13-14-37-22(35)30-20-15-29-12-9-17(20)16-32-23(36)33(21(34)24(32)10-11-24)18-5-7-19(8-6-18)38-25(26,27)28/h5-9,12,15H,3-4,10-11,13-14,16H2,1-2H3,(H,30,35). The summed E-state index contributed by atoms with van der Waals surface area (Å²) in [5.41, 5.74) is -0.0243. The van der Waals surface area contributed by atoms with Gasteiger partial charge < -0.3 is 19.3 Å². The number of anilines is 2. The van der Waals surface area contributed by atoms with Gasteiger partial charge >= 0.3 is 18.5 Å². The van der Waals surface area contributed by atoms with Crippen molar-refractivity contribution in [3.63, 3.8) is 0 Å². The predicted molar refractivity (Wildman–Crippen MR) is 131 cm³/mol. The van der Waals surface area contributed by atoms with Gasteiger partial charge in [-0.2, -0.15) is 0 Å². The van der Waals surface area contributed by atoms with E-state index in [9.17, 15) is 27.6 Å². The number of benzene rings is 1. The van der Waals surface area contributed by atoms with Crippen LogP contribution in [0.4, 0.5) is 34.1 Å². The summed E-state index contributed by atoms with van der Waals surface area (Å²) in [4.78, 5) is 47.5. The maximum atomic E-state index is 13.4. The summed E-state index contributed by atoms with van der Waals surface area (Å²) in [5, 5.41) is 2.65. The first-order valence-corrected chi connectivity index (χ1v) is 12.2. The summed E-state index contributed by atoms with van der Waals surface area (Å²) in [6, 6.07) is 5.56. The molecule has 2 aliphatic rings. The maximum Gasteiger partial charge on any atom is 0.573 e. The molecule has 0 radical (unpaired) electrons. The first-order chi connectivity index (χ1) is 18.1. The molecule has 2 heterocycles. The van der Waals surface area contributed by atoms with Crippen molar-refractivity contribution in [1.29, 1.82) is 0 Å². The molecule has 1 aromatic carbocycles. The molecule has 2 fully saturated rings. The summed E-state index contributed by atoms with van der Waals surface area (Å²) >= 11 is 0. The number of hydrogen-bond donors (Lipinski definition) is 1. The molecule has 1 spiro atoms. The van der Waals surface area contributed by atoms with Gasteiger partial charge in [-0.3, -0.25) is 15.1 Å². The fourth-order valence-corrected chi connectivity index (χ4v) is 4.36. The Kier molecular flexibility index (Phi) is 7.76. The Morgan fingerprint density at radius 1 is 1.13 bits per heavy atom. The van der Waals surface area contributed by atoms with Crippen LogP contribution < -0.4 is 15.0 Å². The molecule has 204 valence electrons. The molecular weight excluding hydrogens is 507 g/mol. The molecule has 13 heteroatoms. The molecule has 1 aliphatic carbocycles. The van der Waals surface area contributed by atoms with Crippen molar-refractivity contribution in [1.82, 2.24) is 14.8 Å². The third-order valence-corrected chi connectivity index (χ3v) is 6.60. The molecule has 4 amide bonds. The number of hydrogen-bond acceptors (Lipinski definition) is 7. The third kappa shape index (κ3) is 5.82. The number of alkyl halides is 3. The quantitative estimate of drug-likeness (QED) is 0.451. The summed E-state index contributed by atoms with van der Waals surface area (Å²) in [6.45, 7) is 6.50. The number of urea groups is 1. The van der Waals surface area contributed by atoms with Crippen LogP contribution in [0.3, 0.4) is 0 Å². The van der Waals surface area contributed by atoms with Gasteiger partial charge in [-0.1, -0.05) is 13.8 Å². The van der Waals surface area contributed by atoms with Crippen molar-refractivity contribution in [3.05, 3.63) is 48.3 Å². The van der Waals surface area contributed by atoms with Crippen LogP contribution in [0.2, 0.25) is 0 Å². The molecule has 1 saturated heterocycles. The summed E-state index contributed by atoms with van der Waals surface area (Å²) in [5.74, 6) is -0.916. The summed E-state index contributed by atoms with van der Waals surface area (Å²) < 4.78 is 46.6. The number of nitrogens with one attached hydrogen (secondary N) is 1. The second-order valence-electron chi connectivity index (χ2n) is 8.90. The van der Waals surface area contributed by atoms with E-state index in [1.807, 2.05) is 13.8 Å². The topological polar surface area (TPSA) is 104 Å². The van der Waals surface area contributed by atoms with Crippen molar-refractivity contribution in [3.8, 4) is 5.75 Å². The third-order valence-electron chi connectivity index (χ3n) is 6.60. The van der Waals surface area contributed by atoms with Gasteiger partial charge in [-0.25, -0.2) is 14.5 Å². The molecule has 10 nitrogen and oxygen atoms in total. The van der Waals surface area contributed by atoms with E-state index < -0.39 is 35.7 Å². The van der Waals surface area contributed by atoms with Crippen LogP contribution in [-0.4, -0.2) is 71.0 Å². The van der Waals surface area contributed by atoms with Gasteiger partial charge in [0.2, 0.25) is 0 Å². The van der Waals surface area contributed by atoms with E-state index in [1.165, 1.54) is 29.4 Å². The number of imide groups is 1. The van der Waals surface area contributed by atoms with Crippen LogP contribution in [0.15, 0.2) is 42.7 Å². The second kappa shape index (κ2) is 10.9. The van der Waals surface area contributed by atoms with E-state index in [4.69, 9.17) is 4.74 Å². The number of nitrogens with zero attached hydrogens (tertiary/aromatic N) is 4. The lowest BCUT2D eigenvalue weighted by Gasteiger charge is -2.23. The molecule has 2 aromatic rings. The Balaban J connectivity index is 1.46. The van der Waals surface area contributed by atoms with Crippen molar-refractivity contribution in [2.75, 3.05) is 36.5 Å². The number of carbonyl (C=O) groups excluding carboxylic acids is 3. The second-order valence-corrected chi connectivity index (χ2v) is 8.90. The highest BCUT2D eigenvalue weighted by Crippen LogP contribution is 2.50. The number of aromatic nitrogens is 1. The fraction of sp³-hybridized carbons (Fsp3) is 0.440. The molecule has 0 atom stereocenters. The Labute approximate surface area is 217 Å². The molecule has 0 bridgehead atoms. The molecule has 1 N–H and O–H groups in total. The van der Waals surface area contributed by atoms with Crippen molar-refractivity contribution in [2.45, 2.75) is 45.1 Å². The monoisotopic (exact) mass is 535 g/mol. The number of carbonyl (C=O) groups is 3. The van der Waals surface area contributed by atoms with Gasteiger partial charge in [0.15, 0.2) is 0 Å². The lowest BCUT2D eigenvalue weighted by Crippen LogP contribution is -2.36. The highest BCUT2D eigenvalue weighted by Gasteiger charge is 2.65. The SMILES string of the molecule is CCN(CC)CCOC(=O)Nc1cnccc1CN1C(=O)N(c2ccc(OC(F)(F)F)cc2)C(=O)C12CC2. The molecule has 38 heavy (non-hydrogen) atoms. The summed E-state index contributed by atoms with van der Waals surface area (Å²) in [7, 11) is 0. The Bertz CT molecular complexity index is 1180. The van der Waals surface area contributed by atoms with Crippen molar-refractivity contribution >= 4 is 29.4 Å². The van der Waals surface area contributed by atoms with Crippen LogP contribution in [0.25, 0.3) is 0 Å². The Morgan fingerprint density at radius 2 is 1.82 bits per heavy atom. The highest BCUT2D eigenvalue weighted by molar-refractivity contribution is 6.24. The minimum absolute atomic E-state index is 0.00786. The molecule has 0 unspecified atom stereocenters. The number of pyridine rings is 1. The predicted octanol–water partition coefficient (Wildman–Crippen LogP) is 4.37. The van der Waals surface area contributed by atoms with Crippen LogP contribution in [0, 0.1) is 0 Å². The van der Waals surface area contributed by atoms with Gasteiger partial charge in [0, 0.05) is 12.7 Å². The smallest absolute Gasteiger partial charge is 0.448 e. The van der Waals surface area contributed by atoms with E-state index in [0.717, 1.165) is 30.1 Å².